The number of carbonyl (C=O) groups excluding carboxylic acids is 3. The van der Waals surface area contributed by atoms with E-state index in [-0.39, 0.29) is 105 Å². The highest BCUT2D eigenvalue weighted by Gasteiger charge is 2.48. The number of hydrogen-bond acceptors (Lipinski definition) is 21. The molecule has 2 aromatic rings. The van der Waals surface area contributed by atoms with Crippen molar-refractivity contribution in [3.05, 3.63) is 83.6 Å². The Morgan fingerprint density at radius 2 is 1.23 bits per heavy atom. The Morgan fingerprint density at radius 1 is 0.667 bits per heavy atom. The summed E-state index contributed by atoms with van der Waals surface area (Å²) in [5, 5.41) is 0.474. The van der Waals surface area contributed by atoms with Crippen LogP contribution in [-0.4, -0.2) is 184 Å². The Kier molecular flexibility index (Phi) is 22.8. The number of amides is 2. The fourth-order valence-electron chi connectivity index (χ4n) is 8.93. The van der Waals surface area contributed by atoms with Crippen molar-refractivity contribution in [3.63, 3.8) is 0 Å². The molecule has 75 heavy (non-hydrogen) atoms. The summed E-state index contributed by atoms with van der Waals surface area (Å²) < 4.78 is 150. The molecule has 0 bridgehead atoms. The standard InChI is InChI=1S/C49H67N3O20S3/c1-48(18-8-34-73(56,57)58)39-35-37(74(59,60)61)11-13-41(39)50(20-24-68-29-32-70-27-26-66-4)43(48)9-6-5-7-10-44-49(2,19-23-65-3)40-36-38(75(62,63)64)12-14-42(40)51(44)21-25-69-30-33-71-31-28-67-22-17-47(55)72-52-45(53)15-16-46(52)54/h5-7,9-14,35-36H,8,15-34H2,1-4H3,(H2-,56,57,58,59,60,61,62,63,64)/p-2. The molecule has 0 aromatic heterocycles. The molecule has 3 heterocycles. The molecule has 23 nitrogen and oxygen atoms in total. The van der Waals surface area contributed by atoms with E-state index >= 15 is 0 Å². The highest BCUT2D eigenvalue weighted by Crippen LogP contribution is 2.51. The van der Waals surface area contributed by atoms with Crippen molar-refractivity contribution in [2.75, 3.05) is 117 Å². The number of carbonyl (C=O) groups is 3. The molecule has 0 spiro atoms. The van der Waals surface area contributed by atoms with Crippen molar-refractivity contribution in [1.82, 2.24) is 5.06 Å². The Labute approximate surface area is 438 Å². The van der Waals surface area contributed by atoms with Gasteiger partial charge in [0, 0.05) is 80.5 Å². The van der Waals surface area contributed by atoms with Gasteiger partial charge in [-0.2, -0.15) is 4.58 Å². The molecule has 1 fully saturated rings. The van der Waals surface area contributed by atoms with Crippen molar-refractivity contribution in [3.8, 4) is 0 Å². The summed E-state index contributed by atoms with van der Waals surface area (Å²) in [5.74, 6) is -2.60. The first-order valence-corrected chi connectivity index (χ1v) is 28.5. The van der Waals surface area contributed by atoms with Crippen molar-refractivity contribution in [2.24, 2.45) is 0 Å². The minimum atomic E-state index is -4.90. The number of anilines is 1. The van der Waals surface area contributed by atoms with Gasteiger partial charge in [-0.05, 0) is 75.1 Å². The van der Waals surface area contributed by atoms with Crippen LogP contribution in [0.15, 0.2) is 82.3 Å². The molecule has 2 amide bonds. The minimum Gasteiger partial charge on any atom is -0.748 e. The number of fused-ring (bicyclic) bond motifs is 2. The average Bonchev–Trinajstić information content (AvgIpc) is 3.88. The highest BCUT2D eigenvalue weighted by atomic mass is 32.2. The molecule has 1 saturated heterocycles. The van der Waals surface area contributed by atoms with Crippen LogP contribution in [0.5, 0.6) is 0 Å². The summed E-state index contributed by atoms with van der Waals surface area (Å²) >= 11 is 0. The number of ether oxygens (including phenoxy) is 7. The number of nitrogens with zero attached hydrogens (tertiary/aromatic N) is 3. The summed E-state index contributed by atoms with van der Waals surface area (Å²) in [6.07, 6.45) is 9.05. The zero-order chi connectivity index (χ0) is 54.9. The van der Waals surface area contributed by atoms with Gasteiger partial charge < -0.3 is 56.6 Å². The van der Waals surface area contributed by atoms with E-state index in [1.165, 1.54) is 37.4 Å². The zero-order valence-electron chi connectivity index (χ0n) is 42.4. The molecular formula is C49H65N3O20S3-2. The van der Waals surface area contributed by atoms with E-state index in [1.807, 2.05) is 22.5 Å². The third kappa shape index (κ3) is 17.1. The lowest BCUT2D eigenvalue weighted by Crippen LogP contribution is -2.32. The summed E-state index contributed by atoms with van der Waals surface area (Å²) in [6.45, 7) is 6.94. The number of hydrogen-bond donors (Lipinski definition) is 0. The molecular weight excluding hydrogens is 1050 g/mol. The first kappa shape index (κ1) is 61.0. The highest BCUT2D eigenvalue weighted by molar-refractivity contribution is 7.86. The van der Waals surface area contributed by atoms with Gasteiger partial charge in [0.2, 0.25) is 5.69 Å². The summed E-state index contributed by atoms with van der Waals surface area (Å²) in [5.41, 5.74) is 1.58. The molecule has 416 valence electrons. The molecule has 0 saturated carbocycles. The average molecular weight is 1110 g/mol. The first-order valence-electron chi connectivity index (χ1n) is 24.1. The molecule has 0 N–H and O–H groups in total. The van der Waals surface area contributed by atoms with Gasteiger partial charge in [-0.25, -0.2) is 30.0 Å². The normalized spacial score (nSPS) is 19.7. The maximum atomic E-state index is 12.3. The van der Waals surface area contributed by atoms with E-state index < -0.39 is 74.5 Å². The smallest absolute Gasteiger partial charge is 0.335 e. The zero-order valence-corrected chi connectivity index (χ0v) is 44.9. The lowest BCUT2D eigenvalue weighted by atomic mass is 9.76. The number of imide groups is 1. The van der Waals surface area contributed by atoms with Crippen LogP contribution in [-0.2, 0) is 93.6 Å². The Bertz CT molecular complexity index is 2780. The SMILES string of the molecule is COCCOCCOCC[N+]1=C(/C=C/C=C/C=C2/N(CCOCCOCCOCCC(=O)ON3C(=O)CCC3=O)c3ccc(S(=O)(=O)[O-])cc3C2(C)CCOC)C(C)(CCCS(=O)(=O)[O-])c2cc(S(=O)(=O)[O-])ccc21. The van der Waals surface area contributed by atoms with Gasteiger partial charge >= 0.3 is 5.97 Å². The third-order valence-electron chi connectivity index (χ3n) is 12.7. The number of methoxy groups -OCH3 is 2. The largest absolute Gasteiger partial charge is 0.748 e. The molecule has 2 atom stereocenters. The fraction of sp³-hybridized carbons (Fsp3) is 0.551. The molecule has 0 aliphatic carbocycles. The molecule has 2 unspecified atom stereocenters. The molecule has 3 aliphatic rings. The summed E-state index contributed by atoms with van der Waals surface area (Å²) in [7, 11) is -11.2. The van der Waals surface area contributed by atoms with Gasteiger partial charge in [-0.1, -0.05) is 18.2 Å². The second kappa shape index (κ2) is 28.0. The monoisotopic (exact) mass is 1110 g/mol. The van der Waals surface area contributed by atoms with Crippen LogP contribution < -0.4 is 4.90 Å². The minimum absolute atomic E-state index is 0.00807. The van der Waals surface area contributed by atoms with Gasteiger partial charge in [-0.15, -0.1) is 5.06 Å². The van der Waals surface area contributed by atoms with Crippen LogP contribution in [0.3, 0.4) is 0 Å². The fourth-order valence-corrected chi connectivity index (χ4v) is 10.4. The molecule has 26 heteroatoms. The van der Waals surface area contributed by atoms with Crippen molar-refractivity contribution in [1.29, 1.82) is 0 Å². The van der Waals surface area contributed by atoms with Crippen LogP contribution in [0.1, 0.15) is 63.5 Å². The predicted molar refractivity (Wildman–Crippen MR) is 265 cm³/mol. The Hall–Kier alpha value is -4.81. The van der Waals surface area contributed by atoms with E-state index in [9.17, 15) is 53.3 Å². The quantitative estimate of drug-likeness (QED) is 0.0320. The first-order chi connectivity index (χ1) is 35.5. The van der Waals surface area contributed by atoms with Crippen molar-refractivity contribution >= 4 is 65.2 Å². The lowest BCUT2D eigenvalue weighted by Gasteiger charge is -2.30. The number of hydroxylamine groups is 2. The number of benzene rings is 2. The summed E-state index contributed by atoms with van der Waals surface area (Å²) in [6, 6.07) is 8.21. The van der Waals surface area contributed by atoms with Crippen LogP contribution in [0.25, 0.3) is 0 Å². The lowest BCUT2D eigenvalue weighted by molar-refractivity contribution is -0.442. The van der Waals surface area contributed by atoms with E-state index in [0.717, 1.165) is 5.70 Å². The van der Waals surface area contributed by atoms with Crippen LogP contribution >= 0.6 is 0 Å². The van der Waals surface area contributed by atoms with Gasteiger partial charge in [-0.3, -0.25) is 9.59 Å². The number of allylic oxidation sites excluding steroid dienone is 6. The van der Waals surface area contributed by atoms with Crippen LogP contribution in [0.4, 0.5) is 11.4 Å². The van der Waals surface area contributed by atoms with E-state index in [2.05, 4.69) is 0 Å². The van der Waals surface area contributed by atoms with Crippen molar-refractivity contribution in [2.45, 2.75) is 73.0 Å². The Balaban J connectivity index is 1.34. The van der Waals surface area contributed by atoms with E-state index in [1.54, 1.807) is 44.4 Å². The van der Waals surface area contributed by atoms with Gasteiger partial charge in [0.15, 0.2) is 12.3 Å². The Morgan fingerprint density at radius 3 is 1.83 bits per heavy atom. The summed E-state index contributed by atoms with van der Waals surface area (Å²) in [4.78, 5) is 41.2. The molecule has 3 aliphatic heterocycles. The maximum absolute atomic E-state index is 12.3. The van der Waals surface area contributed by atoms with Gasteiger partial charge in [0.1, 0.15) is 26.8 Å². The number of rotatable bonds is 34. The van der Waals surface area contributed by atoms with Crippen molar-refractivity contribution < 1.29 is 95.9 Å². The van der Waals surface area contributed by atoms with Crippen LogP contribution in [0, 0.1) is 0 Å². The van der Waals surface area contributed by atoms with E-state index in [0.29, 0.717) is 59.5 Å². The van der Waals surface area contributed by atoms with E-state index in [4.69, 9.17) is 38.0 Å². The van der Waals surface area contributed by atoms with Crippen LogP contribution in [0.2, 0.25) is 0 Å². The molecule has 0 radical (unpaired) electrons. The second-order valence-electron chi connectivity index (χ2n) is 17.9. The van der Waals surface area contributed by atoms with Gasteiger partial charge in [0.05, 0.1) is 97.8 Å². The second-order valence-corrected chi connectivity index (χ2v) is 22.2. The third-order valence-corrected chi connectivity index (χ3v) is 15.2. The topological polar surface area (TPSA) is 306 Å². The maximum Gasteiger partial charge on any atom is 0.335 e. The van der Waals surface area contributed by atoms with Gasteiger partial charge in [0.25, 0.3) is 11.8 Å². The molecule has 2 aromatic carbocycles. The molecule has 5 rings (SSSR count). The predicted octanol–water partition coefficient (Wildman–Crippen LogP) is 2.71.